The summed E-state index contributed by atoms with van der Waals surface area (Å²) in [6, 6.07) is 7.31. The number of amides is 1. The van der Waals surface area contributed by atoms with Gasteiger partial charge in [0.15, 0.2) is 0 Å². The number of benzene rings is 1. The van der Waals surface area contributed by atoms with E-state index in [2.05, 4.69) is 26.6 Å². The number of hydrogen-bond donors (Lipinski definition) is 2. The molecule has 1 aromatic rings. The van der Waals surface area contributed by atoms with Crippen LogP contribution in [0.3, 0.4) is 0 Å². The molecule has 0 radical (unpaired) electrons. The molecule has 5 nitrogen and oxygen atoms in total. The number of halogens is 1. The molecule has 0 spiro atoms. The molecule has 1 aliphatic rings. The van der Waals surface area contributed by atoms with Crippen molar-refractivity contribution in [1.82, 2.24) is 10.6 Å². The van der Waals surface area contributed by atoms with Gasteiger partial charge in [0.05, 0.1) is 19.3 Å². The normalized spacial score (nSPS) is 22.3. The number of hydrogen-bond acceptors (Lipinski definition) is 4. The van der Waals surface area contributed by atoms with Crippen LogP contribution >= 0.6 is 15.9 Å². The molecule has 1 amide bonds. The minimum absolute atomic E-state index is 0.0448. The fourth-order valence-electron chi connectivity index (χ4n) is 2.01. The van der Waals surface area contributed by atoms with Crippen molar-refractivity contribution in [2.45, 2.75) is 19.1 Å². The molecule has 1 fully saturated rings. The molecule has 1 aliphatic heterocycles. The van der Waals surface area contributed by atoms with Crippen LogP contribution in [0.2, 0.25) is 0 Å². The van der Waals surface area contributed by atoms with Crippen molar-refractivity contribution < 1.29 is 14.3 Å². The maximum atomic E-state index is 11.9. The number of nitrogens with one attached hydrogen (secondary N) is 2. The van der Waals surface area contributed by atoms with Gasteiger partial charge in [0.1, 0.15) is 18.4 Å². The van der Waals surface area contributed by atoms with Crippen LogP contribution < -0.4 is 15.4 Å². The van der Waals surface area contributed by atoms with Crippen LogP contribution in [0.15, 0.2) is 28.7 Å². The van der Waals surface area contributed by atoms with Crippen LogP contribution in [-0.4, -0.2) is 44.4 Å². The Morgan fingerprint density at radius 1 is 1.50 bits per heavy atom. The van der Waals surface area contributed by atoms with Gasteiger partial charge in [0, 0.05) is 11.0 Å². The van der Waals surface area contributed by atoms with E-state index < -0.39 is 0 Å². The van der Waals surface area contributed by atoms with Gasteiger partial charge in [0.25, 0.3) is 0 Å². The van der Waals surface area contributed by atoms with Gasteiger partial charge in [-0.15, -0.1) is 0 Å². The summed E-state index contributed by atoms with van der Waals surface area (Å²) in [5, 5.41) is 6.00. The van der Waals surface area contributed by atoms with Crippen molar-refractivity contribution in [1.29, 1.82) is 0 Å². The Morgan fingerprint density at radius 3 is 2.95 bits per heavy atom. The second-order valence-corrected chi connectivity index (χ2v) is 5.52. The van der Waals surface area contributed by atoms with Gasteiger partial charge < -0.3 is 20.1 Å². The minimum atomic E-state index is -0.281. The van der Waals surface area contributed by atoms with Gasteiger partial charge in [-0.3, -0.25) is 4.79 Å². The highest BCUT2D eigenvalue weighted by molar-refractivity contribution is 9.10. The van der Waals surface area contributed by atoms with E-state index >= 15 is 0 Å². The maximum absolute atomic E-state index is 11.9. The molecule has 2 rings (SSSR count). The first-order valence-corrected chi connectivity index (χ1v) is 7.47. The zero-order valence-corrected chi connectivity index (χ0v) is 13.0. The fourth-order valence-corrected chi connectivity index (χ4v) is 2.28. The standard InChI is InChI=1S/C14H19BrN2O3/c1-10-13(16-6-8-19-10)14(18)17-7-9-20-12-4-2-11(15)3-5-12/h2-5,10,13,16H,6-9H2,1H3,(H,17,18)/t10-,13+/m1/s1. The largest absolute Gasteiger partial charge is 0.492 e. The third kappa shape index (κ3) is 4.47. The molecule has 1 saturated heterocycles. The second kappa shape index (κ2) is 7.61. The highest BCUT2D eigenvalue weighted by atomic mass is 79.9. The Balaban J connectivity index is 1.67. The Bertz CT molecular complexity index is 439. The van der Waals surface area contributed by atoms with Crippen molar-refractivity contribution in [3.05, 3.63) is 28.7 Å². The highest BCUT2D eigenvalue weighted by Crippen LogP contribution is 2.15. The lowest BCUT2D eigenvalue weighted by Gasteiger charge is -2.29. The van der Waals surface area contributed by atoms with Gasteiger partial charge in [-0.2, -0.15) is 0 Å². The van der Waals surface area contributed by atoms with Crippen LogP contribution in [0.25, 0.3) is 0 Å². The summed E-state index contributed by atoms with van der Waals surface area (Å²) in [6.07, 6.45) is -0.101. The van der Waals surface area contributed by atoms with Gasteiger partial charge in [0.2, 0.25) is 5.91 Å². The minimum Gasteiger partial charge on any atom is -0.492 e. The molecule has 0 saturated carbocycles. The third-order valence-corrected chi connectivity index (χ3v) is 3.61. The summed E-state index contributed by atoms with van der Waals surface area (Å²) in [4.78, 5) is 11.9. The molecule has 1 aromatic carbocycles. The molecule has 2 atom stereocenters. The average molecular weight is 343 g/mol. The van der Waals surface area contributed by atoms with Crippen LogP contribution in [0.5, 0.6) is 5.75 Å². The van der Waals surface area contributed by atoms with Gasteiger partial charge in [-0.1, -0.05) is 15.9 Å². The van der Waals surface area contributed by atoms with Crippen LogP contribution in [0.1, 0.15) is 6.92 Å². The molecular weight excluding hydrogens is 324 g/mol. The zero-order chi connectivity index (χ0) is 14.4. The van der Waals surface area contributed by atoms with E-state index in [0.29, 0.717) is 26.3 Å². The zero-order valence-electron chi connectivity index (χ0n) is 11.4. The van der Waals surface area contributed by atoms with Crippen molar-refractivity contribution in [2.24, 2.45) is 0 Å². The van der Waals surface area contributed by atoms with E-state index in [9.17, 15) is 4.79 Å². The highest BCUT2D eigenvalue weighted by Gasteiger charge is 2.27. The Hall–Kier alpha value is -1.11. The average Bonchev–Trinajstić information content (AvgIpc) is 2.46. The molecule has 6 heteroatoms. The fraction of sp³-hybridized carbons (Fsp3) is 0.500. The summed E-state index contributed by atoms with van der Waals surface area (Å²) in [5.74, 6) is 0.742. The van der Waals surface area contributed by atoms with Crippen molar-refractivity contribution in [2.75, 3.05) is 26.3 Å². The van der Waals surface area contributed by atoms with Crippen LogP contribution in [-0.2, 0) is 9.53 Å². The molecule has 20 heavy (non-hydrogen) atoms. The number of carbonyl (C=O) groups excluding carboxylic acids is 1. The summed E-state index contributed by atoms with van der Waals surface area (Å²) in [7, 11) is 0. The number of rotatable bonds is 5. The first-order chi connectivity index (χ1) is 9.66. The van der Waals surface area contributed by atoms with Crippen molar-refractivity contribution in [3.8, 4) is 5.75 Å². The summed E-state index contributed by atoms with van der Waals surface area (Å²) >= 11 is 3.36. The van der Waals surface area contributed by atoms with Gasteiger partial charge in [-0.25, -0.2) is 0 Å². The van der Waals surface area contributed by atoms with Crippen molar-refractivity contribution in [3.63, 3.8) is 0 Å². The second-order valence-electron chi connectivity index (χ2n) is 4.60. The molecule has 0 aromatic heterocycles. The lowest BCUT2D eigenvalue weighted by atomic mass is 10.1. The number of carbonyl (C=O) groups is 1. The number of ether oxygens (including phenoxy) is 2. The lowest BCUT2D eigenvalue weighted by Crippen LogP contribution is -2.55. The third-order valence-electron chi connectivity index (χ3n) is 3.08. The molecular formula is C14H19BrN2O3. The van der Waals surface area contributed by atoms with E-state index in [0.717, 1.165) is 10.2 Å². The summed E-state index contributed by atoms with van der Waals surface area (Å²) in [5.41, 5.74) is 0. The summed E-state index contributed by atoms with van der Waals surface area (Å²) < 4.78 is 12.0. The van der Waals surface area contributed by atoms with Gasteiger partial charge >= 0.3 is 0 Å². The monoisotopic (exact) mass is 342 g/mol. The predicted octanol–water partition coefficient (Wildman–Crippen LogP) is 1.32. The SMILES string of the molecule is C[C@H]1OCCN[C@@H]1C(=O)NCCOc1ccc(Br)cc1. The molecule has 1 heterocycles. The first kappa shape index (κ1) is 15.3. The molecule has 0 aliphatic carbocycles. The van der Waals surface area contributed by atoms with Crippen LogP contribution in [0, 0.1) is 0 Å². The molecule has 110 valence electrons. The van der Waals surface area contributed by atoms with E-state index in [4.69, 9.17) is 9.47 Å². The van der Waals surface area contributed by atoms with Crippen molar-refractivity contribution >= 4 is 21.8 Å². The Labute approximate surface area is 127 Å². The summed E-state index contributed by atoms with van der Waals surface area (Å²) in [6.45, 7) is 4.17. The van der Waals surface area contributed by atoms with E-state index in [1.807, 2.05) is 31.2 Å². The maximum Gasteiger partial charge on any atom is 0.239 e. The quantitative estimate of drug-likeness (QED) is 0.792. The number of morpholine rings is 1. The smallest absolute Gasteiger partial charge is 0.239 e. The molecule has 2 N–H and O–H groups in total. The van der Waals surface area contributed by atoms with Crippen LogP contribution in [0.4, 0.5) is 0 Å². The van der Waals surface area contributed by atoms with E-state index in [1.165, 1.54) is 0 Å². The Kier molecular flexibility index (Phi) is 5.82. The molecule has 0 unspecified atom stereocenters. The first-order valence-electron chi connectivity index (χ1n) is 6.68. The van der Waals surface area contributed by atoms with E-state index in [-0.39, 0.29) is 18.1 Å². The molecule has 0 bridgehead atoms. The topological polar surface area (TPSA) is 59.6 Å². The van der Waals surface area contributed by atoms with Gasteiger partial charge in [-0.05, 0) is 31.2 Å². The predicted molar refractivity (Wildman–Crippen MR) is 79.9 cm³/mol. The lowest BCUT2D eigenvalue weighted by molar-refractivity contribution is -0.129. The van der Waals surface area contributed by atoms with E-state index in [1.54, 1.807) is 0 Å². The Morgan fingerprint density at radius 2 is 2.25 bits per heavy atom.